The second-order valence-electron chi connectivity index (χ2n) is 9.25. The standard InChI is InChI=1S/C27H31N3O3S/c31-19-26-27(24-10-8-22(9-11-24)23-12-14-28-15-13-23)25-18-29(16-4-5-17-30(25)26)34(32,33)20-21-6-2-1-3-7-21/h1-3,6-15,25-27,31H,4-5,16-20H2/t25-,26+,27+/m1/s1. The highest BCUT2D eigenvalue weighted by atomic mass is 32.2. The van der Waals surface area contributed by atoms with Gasteiger partial charge in [-0.3, -0.25) is 9.88 Å². The highest BCUT2D eigenvalue weighted by molar-refractivity contribution is 7.88. The van der Waals surface area contributed by atoms with Crippen molar-refractivity contribution in [3.63, 3.8) is 0 Å². The summed E-state index contributed by atoms with van der Waals surface area (Å²) < 4.78 is 28.4. The van der Waals surface area contributed by atoms with E-state index in [9.17, 15) is 13.5 Å². The van der Waals surface area contributed by atoms with Crippen molar-refractivity contribution < 1.29 is 13.5 Å². The topological polar surface area (TPSA) is 73.7 Å². The molecule has 178 valence electrons. The number of hydrogen-bond donors (Lipinski definition) is 1. The second kappa shape index (κ2) is 9.96. The Morgan fingerprint density at radius 3 is 2.26 bits per heavy atom. The van der Waals surface area contributed by atoms with Crippen molar-refractivity contribution in [3.05, 3.63) is 90.3 Å². The molecule has 0 spiro atoms. The number of nitrogens with zero attached hydrogens (tertiary/aromatic N) is 3. The fourth-order valence-electron chi connectivity index (χ4n) is 5.48. The fraction of sp³-hybridized carbons (Fsp3) is 0.370. The van der Waals surface area contributed by atoms with Crippen molar-refractivity contribution in [2.45, 2.75) is 36.6 Å². The number of rotatable bonds is 6. The third kappa shape index (κ3) is 4.66. The summed E-state index contributed by atoms with van der Waals surface area (Å²) >= 11 is 0. The lowest BCUT2D eigenvalue weighted by molar-refractivity contribution is -0.0554. The Labute approximate surface area is 201 Å². The summed E-state index contributed by atoms with van der Waals surface area (Å²) in [5.74, 6) is 0.124. The minimum absolute atomic E-state index is 0.0218. The molecule has 0 amide bonds. The van der Waals surface area contributed by atoms with E-state index in [1.165, 1.54) is 0 Å². The number of aliphatic hydroxyl groups excluding tert-OH is 1. The van der Waals surface area contributed by atoms with Crippen LogP contribution in [-0.2, 0) is 15.8 Å². The summed E-state index contributed by atoms with van der Waals surface area (Å²) in [6.07, 6.45) is 5.33. The summed E-state index contributed by atoms with van der Waals surface area (Å²) in [6.45, 7) is 1.98. The Kier molecular flexibility index (Phi) is 6.79. The highest BCUT2D eigenvalue weighted by Crippen LogP contribution is 2.42. The molecular formula is C27H31N3O3S. The van der Waals surface area contributed by atoms with E-state index in [-0.39, 0.29) is 30.4 Å². The normalized spacial score (nSPS) is 24.0. The summed E-state index contributed by atoms with van der Waals surface area (Å²) in [5.41, 5.74) is 4.19. The molecule has 34 heavy (non-hydrogen) atoms. The molecule has 0 bridgehead atoms. The molecule has 2 aliphatic heterocycles. The van der Waals surface area contributed by atoms with Gasteiger partial charge in [-0.25, -0.2) is 12.7 Å². The fourth-order valence-corrected chi connectivity index (χ4v) is 7.06. The Balaban J connectivity index is 1.38. The Hall–Kier alpha value is -2.58. The van der Waals surface area contributed by atoms with Crippen LogP contribution in [-0.4, -0.2) is 66.0 Å². The monoisotopic (exact) mass is 477 g/mol. The molecule has 5 rings (SSSR count). The molecule has 2 aromatic carbocycles. The van der Waals surface area contributed by atoms with Crippen LogP contribution in [0.5, 0.6) is 0 Å². The molecule has 7 heteroatoms. The van der Waals surface area contributed by atoms with Crippen molar-refractivity contribution in [2.24, 2.45) is 0 Å². The van der Waals surface area contributed by atoms with E-state index >= 15 is 0 Å². The SMILES string of the molecule is O=S(=O)(Cc1ccccc1)N1CCCCN2[C@H](C1)[C@H](c1ccc(-c3ccncc3)cc1)[C@@H]2CO. The number of aliphatic hydroxyl groups is 1. The second-order valence-corrected chi connectivity index (χ2v) is 11.2. The number of pyridine rings is 1. The smallest absolute Gasteiger partial charge is 0.218 e. The largest absolute Gasteiger partial charge is 0.395 e. The Morgan fingerprint density at radius 2 is 1.56 bits per heavy atom. The van der Waals surface area contributed by atoms with Crippen LogP contribution in [0.3, 0.4) is 0 Å². The average molecular weight is 478 g/mol. The van der Waals surface area contributed by atoms with Gasteiger partial charge >= 0.3 is 0 Å². The lowest BCUT2D eigenvalue weighted by atomic mass is 9.74. The van der Waals surface area contributed by atoms with Gasteiger partial charge in [-0.2, -0.15) is 0 Å². The van der Waals surface area contributed by atoms with Crippen molar-refractivity contribution in [1.82, 2.24) is 14.2 Å². The molecule has 0 saturated carbocycles. The van der Waals surface area contributed by atoms with Gasteiger partial charge in [0.2, 0.25) is 10.0 Å². The molecule has 0 aliphatic carbocycles. The first-order valence-corrected chi connectivity index (χ1v) is 13.6. The first-order chi connectivity index (χ1) is 16.6. The molecule has 2 aliphatic rings. The first kappa shape index (κ1) is 23.2. The lowest BCUT2D eigenvalue weighted by Crippen LogP contribution is -2.67. The minimum atomic E-state index is -3.43. The van der Waals surface area contributed by atoms with E-state index in [1.54, 1.807) is 16.7 Å². The van der Waals surface area contributed by atoms with Gasteiger partial charge in [0.15, 0.2) is 0 Å². The number of sulfonamides is 1. The maximum absolute atomic E-state index is 13.3. The zero-order chi connectivity index (χ0) is 23.5. The molecule has 2 fully saturated rings. The maximum atomic E-state index is 13.3. The summed E-state index contributed by atoms with van der Waals surface area (Å²) in [7, 11) is -3.43. The van der Waals surface area contributed by atoms with Gasteiger partial charge in [0, 0.05) is 43.5 Å². The van der Waals surface area contributed by atoms with E-state index in [0.29, 0.717) is 13.1 Å². The number of hydrogen-bond acceptors (Lipinski definition) is 5. The predicted octanol–water partition coefficient (Wildman–Crippen LogP) is 3.50. The molecule has 2 saturated heterocycles. The van der Waals surface area contributed by atoms with Crippen LogP contribution < -0.4 is 0 Å². The van der Waals surface area contributed by atoms with Crippen molar-refractivity contribution >= 4 is 10.0 Å². The first-order valence-electron chi connectivity index (χ1n) is 12.0. The molecule has 6 nitrogen and oxygen atoms in total. The number of fused-ring (bicyclic) bond motifs is 1. The van der Waals surface area contributed by atoms with Gasteiger partial charge < -0.3 is 5.11 Å². The van der Waals surface area contributed by atoms with Crippen LogP contribution in [0.2, 0.25) is 0 Å². The minimum Gasteiger partial charge on any atom is -0.395 e. The number of benzene rings is 2. The van der Waals surface area contributed by atoms with Crippen LogP contribution >= 0.6 is 0 Å². The Morgan fingerprint density at radius 1 is 0.882 bits per heavy atom. The third-order valence-electron chi connectivity index (χ3n) is 7.23. The zero-order valence-electron chi connectivity index (χ0n) is 19.2. The molecule has 1 N–H and O–H groups in total. The van der Waals surface area contributed by atoms with E-state index in [0.717, 1.165) is 41.6 Å². The van der Waals surface area contributed by atoms with Crippen LogP contribution in [0.15, 0.2) is 79.1 Å². The quantitative estimate of drug-likeness (QED) is 0.588. The van der Waals surface area contributed by atoms with Crippen LogP contribution in [0.25, 0.3) is 11.1 Å². The van der Waals surface area contributed by atoms with Gasteiger partial charge in [0.1, 0.15) is 0 Å². The zero-order valence-corrected chi connectivity index (χ0v) is 20.0. The molecule has 0 radical (unpaired) electrons. The van der Waals surface area contributed by atoms with Gasteiger partial charge in [0.25, 0.3) is 0 Å². The van der Waals surface area contributed by atoms with E-state index < -0.39 is 10.0 Å². The molecule has 3 atom stereocenters. The van der Waals surface area contributed by atoms with Gasteiger partial charge in [-0.15, -0.1) is 0 Å². The summed E-state index contributed by atoms with van der Waals surface area (Å²) in [4.78, 5) is 6.40. The van der Waals surface area contributed by atoms with Crippen molar-refractivity contribution in [1.29, 1.82) is 0 Å². The van der Waals surface area contributed by atoms with Crippen LogP contribution in [0, 0.1) is 0 Å². The molecular weight excluding hydrogens is 446 g/mol. The average Bonchev–Trinajstić information content (AvgIpc) is 2.84. The van der Waals surface area contributed by atoms with Crippen molar-refractivity contribution in [3.8, 4) is 11.1 Å². The van der Waals surface area contributed by atoms with Gasteiger partial charge in [0.05, 0.1) is 12.4 Å². The third-order valence-corrected chi connectivity index (χ3v) is 9.04. The molecule has 1 aromatic heterocycles. The maximum Gasteiger partial charge on any atom is 0.218 e. The van der Waals surface area contributed by atoms with E-state index in [4.69, 9.17) is 0 Å². The highest BCUT2D eigenvalue weighted by Gasteiger charge is 2.50. The number of aromatic nitrogens is 1. The van der Waals surface area contributed by atoms with E-state index in [2.05, 4.69) is 34.1 Å². The molecule has 3 aromatic rings. The Bertz CT molecular complexity index is 1190. The van der Waals surface area contributed by atoms with Crippen molar-refractivity contribution in [2.75, 3.05) is 26.2 Å². The predicted molar refractivity (Wildman–Crippen MR) is 134 cm³/mol. The molecule has 0 unspecified atom stereocenters. The van der Waals surface area contributed by atoms with E-state index in [1.807, 2.05) is 42.5 Å². The lowest BCUT2D eigenvalue weighted by Gasteiger charge is -2.57. The summed E-state index contributed by atoms with van der Waals surface area (Å²) in [6, 6.07) is 21.9. The van der Waals surface area contributed by atoms with Gasteiger partial charge in [-0.1, -0.05) is 54.6 Å². The van der Waals surface area contributed by atoms with Crippen LogP contribution in [0.1, 0.15) is 29.9 Å². The summed E-state index contributed by atoms with van der Waals surface area (Å²) in [5, 5.41) is 10.2. The van der Waals surface area contributed by atoms with Crippen LogP contribution in [0.4, 0.5) is 0 Å². The molecule has 3 heterocycles. The van der Waals surface area contributed by atoms with Gasteiger partial charge in [-0.05, 0) is 53.8 Å².